The zero-order chi connectivity index (χ0) is 18.9. The minimum atomic E-state index is -0.331. The fourth-order valence-electron chi connectivity index (χ4n) is 1.95. The lowest BCUT2D eigenvalue weighted by Gasteiger charge is -2.13. The number of hydrazine groups is 1. The summed E-state index contributed by atoms with van der Waals surface area (Å²) in [6.45, 7) is 4.02. The first kappa shape index (κ1) is 19.6. The summed E-state index contributed by atoms with van der Waals surface area (Å²) in [6.07, 6.45) is 3.13. The summed E-state index contributed by atoms with van der Waals surface area (Å²) in [5, 5.41) is 5.99. The normalized spacial score (nSPS) is 10.2. The lowest BCUT2D eigenvalue weighted by molar-refractivity contribution is -0.115. The van der Waals surface area contributed by atoms with Crippen molar-refractivity contribution in [2.75, 3.05) is 5.32 Å². The van der Waals surface area contributed by atoms with Crippen LogP contribution in [0, 0.1) is 13.8 Å². The summed E-state index contributed by atoms with van der Waals surface area (Å²) < 4.78 is 0. The van der Waals surface area contributed by atoms with Gasteiger partial charge < -0.3 is 5.32 Å². The van der Waals surface area contributed by atoms with Crippen LogP contribution in [0.1, 0.15) is 16.7 Å². The second-order valence-corrected chi connectivity index (χ2v) is 6.45. The topological polar surface area (TPSA) is 65.2 Å². The predicted octanol–water partition coefficient (Wildman–Crippen LogP) is 3.21. The van der Waals surface area contributed by atoms with E-state index in [1.54, 1.807) is 6.08 Å². The second-order valence-electron chi connectivity index (χ2n) is 5.63. The summed E-state index contributed by atoms with van der Waals surface area (Å²) in [6, 6.07) is 15.6. The van der Waals surface area contributed by atoms with Crippen molar-refractivity contribution in [3.05, 3.63) is 71.3 Å². The lowest BCUT2D eigenvalue weighted by atomic mass is 10.1. The van der Waals surface area contributed by atoms with Gasteiger partial charge in [-0.3, -0.25) is 21.0 Å². The van der Waals surface area contributed by atoms with Gasteiger partial charge in [0.05, 0.1) is 0 Å². The van der Waals surface area contributed by atoms with Crippen molar-refractivity contribution < 1.29 is 4.79 Å². The van der Waals surface area contributed by atoms with Gasteiger partial charge in [-0.2, -0.15) is 0 Å². The Bertz CT molecular complexity index is 814. The average molecular weight is 385 g/mol. The number of amides is 1. The molecule has 0 aliphatic rings. The maximum absolute atomic E-state index is 11.9. The molecular weight excluding hydrogens is 364 g/mol. The van der Waals surface area contributed by atoms with Gasteiger partial charge in [0.15, 0.2) is 10.2 Å². The van der Waals surface area contributed by atoms with E-state index in [0.29, 0.717) is 5.11 Å². The highest BCUT2D eigenvalue weighted by atomic mass is 32.1. The van der Waals surface area contributed by atoms with Gasteiger partial charge in [0.2, 0.25) is 5.91 Å². The van der Waals surface area contributed by atoms with E-state index in [1.807, 2.05) is 62.4 Å². The van der Waals surface area contributed by atoms with Crippen LogP contribution in [0.25, 0.3) is 6.08 Å². The van der Waals surface area contributed by atoms with Crippen LogP contribution < -0.4 is 21.5 Å². The van der Waals surface area contributed by atoms with Crippen molar-refractivity contribution in [3.8, 4) is 0 Å². The number of carbonyl (C=O) groups is 1. The van der Waals surface area contributed by atoms with Gasteiger partial charge in [-0.15, -0.1) is 0 Å². The smallest absolute Gasteiger partial charge is 0.250 e. The van der Waals surface area contributed by atoms with E-state index in [2.05, 4.69) is 21.5 Å². The number of hydrogen-bond acceptors (Lipinski definition) is 3. The van der Waals surface area contributed by atoms with E-state index in [9.17, 15) is 4.79 Å². The first-order valence-corrected chi connectivity index (χ1v) is 8.73. The molecule has 2 rings (SSSR count). The quantitative estimate of drug-likeness (QED) is 0.370. The van der Waals surface area contributed by atoms with Crippen LogP contribution in [-0.4, -0.2) is 16.1 Å². The van der Waals surface area contributed by atoms with Crippen LogP contribution in [0.15, 0.2) is 54.6 Å². The number of anilines is 1. The molecule has 0 atom stereocenters. The zero-order valence-corrected chi connectivity index (χ0v) is 16.1. The van der Waals surface area contributed by atoms with Gasteiger partial charge in [0.1, 0.15) is 0 Å². The number of benzene rings is 2. The van der Waals surface area contributed by atoms with E-state index >= 15 is 0 Å². The van der Waals surface area contributed by atoms with Gasteiger partial charge >= 0.3 is 0 Å². The Morgan fingerprint density at radius 2 is 1.38 bits per heavy atom. The van der Waals surface area contributed by atoms with Gasteiger partial charge in [-0.25, -0.2) is 0 Å². The number of rotatable bonds is 3. The molecule has 0 saturated heterocycles. The molecule has 2 aromatic carbocycles. The maximum atomic E-state index is 11.9. The van der Waals surface area contributed by atoms with Gasteiger partial charge in [-0.1, -0.05) is 47.5 Å². The molecule has 0 spiro atoms. The van der Waals surface area contributed by atoms with E-state index < -0.39 is 0 Å². The highest BCUT2D eigenvalue weighted by Gasteiger charge is 2.02. The molecule has 2 aromatic rings. The molecule has 0 radical (unpaired) electrons. The minimum absolute atomic E-state index is 0.122. The van der Waals surface area contributed by atoms with Crippen molar-refractivity contribution >= 4 is 52.3 Å². The molecule has 5 nitrogen and oxygen atoms in total. The van der Waals surface area contributed by atoms with E-state index in [4.69, 9.17) is 24.4 Å². The zero-order valence-electron chi connectivity index (χ0n) is 14.5. The monoisotopic (exact) mass is 384 g/mol. The molecule has 134 valence electrons. The largest absolute Gasteiger partial charge is 0.331 e. The molecule has 0 saturated carbocycles. The lowest BCUT2D eigenvalue weighted by Crippen LogP contribution is -2.49. The molecule has 0 fully saturated rings. The van der Waals surface area contributed by atoms with E-state index in [0.717, 1.165) is 16.8 Å². The third-order valence-electron chi connectivity index (χ3n) is 3.34. The van der Waals surface area contributed by atoms with Crippen molar-refractivity contribution in [2.24, 2.45) is 0 Å². The summed E-state index contributed by atoms with van der Waals surface area (Å²) in [5.74, 6) is -0.331. The first-order chi connectivity index (χ1) is 12.4. The maximum Gasteiger partial charge on any atom is 0.250 e. The molecule has 0 aliphatic heterocycles. The number of aryl methyl sites for hydroxylation is 2. The summed E-state index contributed by atoms with van der Waals surface area (Å²) >= 11 is 10.2. The standard InChI is InChI=1S/C19H20N4OS2/c1-13-3-7-15(8-4-13)9-12-17(24)21-19(26)23-22-18(25)20-16-10-5-14(2)6-11-16/h3-12H,1-2H3,(H2,20,22,25)(H2,21,23,24,26). The summed E-state index contributed by atoms with van der Waals surface area (Å²) in [4.78, 5) is 11.9. The molecule has 26 heavy (non-hydrogen) atoms. The second kappa shape index (κ2) is 9.65. The fourth-order valence-corrected chi connectivity index (χ4v) is 2.27. The Hall–Kier alpha value is -2.77. The molecule has 0 aromatic heterocycles. The molecule has 0 unspecified atom stereocenters. The van der Waals surface area contributed by atoms with Crippen LogP contribution in [0.3, 0.4) is 0 Å². The highest BCUT2D eigenvalue weighted by molar-refractivity contribution is 7.80. The van der Waals surface area contributed by atoms with Gasteiger partial charge in [0, 0.05) is 11.8 Å². The van der Waals surface area contributed by atoms with Crippen molar-refractivity contribution in [1.29, 1.82) is 0 Å². The Morgan fingerprint density at radius 3 is 2.00 bits per heavy atom. The molecule has 1 amide bonds. The first-order valence-electron chi connectivity index (χ1n) is 7.92. The average Bonchev–Trinajstić information content (AvgIpc) is 2.61. The van der Waals surface area contributed by atoms with E-state index in [1.165, 1.54) is 11.6 Å². The molecular formula is C19H20N4OS2. The number of hydrogen-bond donors (Lipinski definition) is 4. The molecule has 0 bridgehead atoms. The van der Waals surface area contributed by atoms with Crippen LogP contribution >= 0.6 is 24.4 Å². The van der Waals surface area contributed by atoms with Crippen LogP contribution in [-0.2, 0) is 4.79 Å². The van der Waals surface area contributed by atoms with Crippen LogP contribution in [0.4, 0.5) is 5.69 Å². The third-order valence-corrected chi connectivity index (χ3v) is 3.75. The highest BCUT2D eigenvalue weighted by Crippen LogP contribution is 2.08. The summed E-state index contributed by atoms with van der Waals surface area (Å²) in [5.41, 5.74) is 9.50. The van der Waals surface area contributed by atoms with Crippen LogP contribution in [0.2, 0.25) is 0 Å². The summed E-state index contributed by atoms with van der Waals surface area (Å²) in [7, 11) is 0. The molecule has 4 N–H and O–H groups in total. The Labute approximate surface area is 163 Å². The Balaban J connectivity index is 1.73. The third kappa shape index (κ3) is 7.00. The number of nitrogens with one attached hydrogen (secondary N) is 4. The SMILES string of the molecule is Cc1ccc(C=CC(=O)NC(=S)NNC(=S)Nc2ccc(C)cc2)cc1. The van der Waals surface area contributed by atoms with Gasteiger partial charge in [-0.05, 0) is 62.1 Å². The van der Waals surface area contributed by atoms with Crippen molar-refractivity contribution in [3.63, 3.8) is 0 Å². The molecule has 7 heteroatoms. The number of carbonyl (C=O) groups excluding carboxylic acids is 1. The van der Waals surface area contributed by atoms with Crippen molar-refractivity contribution in [2.45, 2.75) is 13.8 Å². The molecule has 0 aliphatic carbocycles. The predicted molar refractivity (Wildman–Crippen MR) is 115 cm³/mol. The van der Waals surface area contributed by atoms with Crippen molar-refractivity contribution in [1.82, 2.24) is 16.2 Å². The molecule has 0 heterocycles. The number of thiocarbonyl (C=S) groups is 2. The Kier molecular flexibility index (Phi) is 7.25. The minimum Gasteiger partial charge on any atom is -0.331 e. The van der Waals surface area contributed by atoms with Gasteiger partial charge in [0.25, 0.3) is 0 Å². The fraction of sp³-hybridized carbons (Fsp3) is 0.105. The van der Waals surface area contributed by atoms with Crippen LogP contribution in [0.5, 0.6) is 0 Å². The Morgan fingerprint density at radius 1 is 0.846 bits per heavy atom. The van der Waals surface area contributed by atoms with E-state index in [-0.39, 0.29) is 11.0 Å².